The molecule has 3 rings (SSSR count). The summed E-state index contributed by atoms with van der Waals surface area (Å²) in [4.78, 5) is 17.0. The molecule has 0 atom stereocenters. The average Bonchev–Trinajstić information content (AvgIpc) is 2.55. The van der Waals surface area contributed by atoms with Crippen molar-refractivity contribution in [2.24, 2.45) is 0 Å². The Hall–Kier alpha value is -1.42. The van der Waals surface area contributed by atoms with Crippen LogP contribution in [0, 0.1) is 0 Å². The van der Waals surface area contributed by atoms with Crippen molar-refractivity contribution in [3.05, 3.63) is 42.1 Å². The number of carbonyl (C=O) groups excluding carboxylic acids is 1. The van der Waals surface area contributed by atoms with Gasteiger partial charge >= 0.3 is 0 Å². The third kappa shape index (κ3) is 3.10. The van der Waals surface area contributed by atoms with E-state index in [4.69, 9.17) is 0 Å². The van der Waals surface area contributed by atoms with Crippen molar-refractivity contribution in [3.8, 4) is 0 Å². The second-order valence-electron chi connectivity index (χ2n) is 5.82. The number of hydrogen-bond donors (Lipinski definition) is 1. The number of para-hydroxylation sites is 1. The molecule has 3 nitrogen and oxygen atoms in total. The summed E-state index contributed by atoms with van der Waals surface area (Å²) in [7, 11) is 0. The SMILES string of the molecule is O=C(NC1(CBr)CCCCC1)c1ccc2ccccc2n1. The summed E-state index contributed by atoms with van der Waals surface area (Å²) in [6, 6.07) is 11.6. The number of fused-ring (bicyclic) bond motifs is 1. The molecule has 1 heterocycles. The van der Waals surface area contributed by atoms with Crippen LogP contribution in [0.25, 0.3) is 10.9 Å². The molecule has 0 radical (unpaired) electrons. The fourth-order valence-electron chi connectivity index (χ4n) is 3.02. The third-order valence-electron chi connectivity index (χ3n) is 4.28. The van der Waals surface area contributed by atoms with E-state index < -0.39 is 0 Å². The molecule has 1 aliphatic rings. The van der Waals surface area contributed by atoms with E-state index in [1.807, 2.05) is 36.4 Å². The van der Waals surface area contributed by atoms with Gasteiger partial charge in [-0.05, 0) is 25.0 Å². The van der Waals surface area contributed by atoms with Gasteiger partial charge in [-0.25, -0.2) is 4.98 Å². The zero-order valence-corrected chi connectivity index (χ0v) is 13.5. The lowest BCUT2D eigenvalue weighted by molar-refractivity contribution is 0.0881. The number of nitrogens with zero attached hydrogens (tertiary/aromatic N) is 1. The van der Waals surface area contributed by atoms with Crippen LogP contribution in [0.1, 0.15) is 42.6 Å². The fourth-order valence-corrected chi connectivity index (χ4v) is 3.72. The molecule has 21 heavy (non-hydrogen) atoms. The van der Waals surface area contributed by atoms with Crippen LogP contribution in [-0.2, 0) is 0 Å². The number of nitrogens with one attached hydrogen (secondary N) is 1. The highest BCUT2D eigenvalue weighted by molar-refractivity contribution is 9.09. The van der Waals surface area contributed by atoms with Crippen LogP contribution < -0.4 is 5.32 Å². The van der Waals surface area contributed by atoms with Gasteiger partial charge in [-0.1, -0.05) is 59.5 Å². The van der Waals surface area contributed by atoms with E-state index in [9.17, 15) is 4.79 Å². The lowest BCUT2D eigenvalue weighted by atomic mass is 9.83. The zero-order valence-electron chi connectivity index (χ0n) is 11.9. The Morgan fingerprint density at radius 1 is 1.14 bits per heavy atom. The smallest absolute Gasteiger partial charge is 0.270 e. The predicted molar refractivity (Wildman–Crippen MR) is 88.8 cm³/mol. The molecular weight excluding hydrogens is 328 g/mol. The molecule has 0 saturated heterocycles. The molecule has 1 aromatic carbocycles. The summed E-state index contributed by atoms with van der Waals surface area (Å²) >= 11 is 3.57. The van der Waals surface area contributed by atoms with Gasteiger partial charge in [-0.2, -0.15) is 0 Å². The first-order valence-electron chi connectivity index (χ1n) is 7.47. The van der Waals surface area contributed by atoms with Crippen LogP contribution in [0.15, 0.2) is 36.4 Å². The van der Waals surface area contributed by atoms with Gasteiger partial charge in [0.05, 0.1) is 11.1 Å². The normalized spacial score (nSPS) is 17.6. The van der Waals surface area contributed by atoms with Gasteiger partial charge in [0.15, 0.2) is 0 Å². The van der Waals surface area contributed by atoms with Crippen molar-refractivity contribution in [2.45, 2.75) is 37.6 Å². The lowest BCUT2D eigenvalue weighted by Crippen LogP contribution is -2.51. The van der Waals surface area contributed by atoms with Gasteiger partial charge in [0.2, 0.25) is 0 Å². The van der Waals surface area contributed by atoms with Crippen LogP contribution >= 0.6 is 15.9 Å². The Balaban J connectivity index is 1.82. The maximum atomic E-state index is 12.5. The molecule has 1 aliphatic carbocycles. The average molecular weight is 347 g/mol. The van der Waals surface area contributed by atoms with Gasteiger partial charge in [-0.3, -0.25) is 4.79 Å². The number of halogens is 1. The van der Waals surface area contributed by atoms with Crippen molar-refractivity contribution in [1.82, 2.24) is 10.3 Å². The number of alkyl halides is 1. The molecule has 0 spiro atoms. The minimum absolute atomic E-state index is 0.0675. The first-order valence-corrected chi connectivity index (χ1v) is 8.59. The summed E-state index contributed by atoms with van der Waals surface area (Å²) in [5, 5.41) is 5.08. The number of carbonyl (C=O) groups is 1. The highest BCUT2D eigenvalue weighted by atomic mass is 79.9. The standard InChI is InChI=1S/C17H19BrN2O/c18-12-17(10-4-1-5-11-17)20-16(21)15-9-8-13-6-2-3-7-14(13)19-15/h2-3,6-9H,1,4-5,10-12H2,(H,20,21). The highest BCUT2D eigenvalue weighted by Gasteiger charge is 2.32. The number of hydrogen-bond acceptors (Lipinski definition) is 2. The van der Waals surface area contributed by atoms with Gasteiger partial charge in [-0.15, -0.1) is 0 Å². The van der Waals surface area contributed by atoms with Crippen LogP contribution in [0.5, 0.6) is 0 Å². The lowest BCUT2D eigenvalue weighted by Gasteiger charge is -2.36. The summed E-state index contributed by atoms with van der Waals surface area (Å²) in [6.07, 6.45) is 5.70. The second kappa shape index (κ2) is 6.14. The first kappa shape index (κ1) is 14.5. The van der Waals surface area contributed by atoms with Gasteiger partial charge < -0.3 is 5.32 Å². The van der Waals surface area contributed by atoms with E-state index in [1.165, 1.54) is 19.3 Å². The van der Waals surface area contributed by atoms with E-state index in [-0.39, 0.29) is 11.4 Å². The zero-order chi connectivity index (χ0) is 14.7. The molecule has 0 unspecified atom stereocenters. The molecule has 4 heteroatoms. The van der Waals surface area contributed by atoms with Crippen molar-refractivity contribution < 1.29 is 4.79 Å². The molecule has 0 bridgehead atoms. The van der Waals surface area contributed by atoms with Crippen molar-refractivity contribution in [1.29, 1.82) is 0 Å². The van der Waals surface area contributed by atoms with Crippen molar-refractivity contribution >= 4 is 32.7 Å². The Morgan fingerprint density at radius 3 is 2.67 bits per heavy atom. The Bertz CT molecular complexity index is 650. The largest absolute Gasteiger partial charge is 0.344 e. The molecule has 2 aromatic rings. The van der Waals surface area contributed by atoms with Crippen LogP contribution in [0.2, 0.25) is 0 Å². The highest BCUT2D eigenvalue weighted by Crippen LogP contribution is 2.30. The van der Waals surface area contributed by atoms with Gasteiger partial charge in [0.1, 0.15) is 5.69 Å². The summed E-state index contributed by atoms with van der Waals surface area (Å²) < 4.78 is 0. The third-order valence-corrected chi connectivity index (χ3v) is 5.35. The maximum absolute atomic E-state index is 12.5. The molecule has 0 aliphatic heterocycles. The molecule has 110 valence electrons. The maximum Gasteiger partial charge on any atom is 0.270 e. The van der Waals surface area contributed by atoms with E-state index >= 15 is 0 Å². The van der Waals surface area contributed by atoms with Gasteiger partial charge in [0.25, 0.3) is 5.91 Å². The number of rotatable bonds is 3. The number of amides is 1. The summed E-state index contributed by atoms with van der Waals surface area (Å²) in [5.41, 5.74) is 1.25. The fraction of sp³-hybridized carbons (Fsp3) is 0.412. The molecule has 1 fully saturated rings. The van der Waals surface area contributed by atoms with Crippen molar-refractivity contribution in [2.75, 3.05) is 5.33 Å². The van der Waals surface area contributed by atoms with Crippen LogP contribution in [0.4, 0.5) is 0 Å². The monoisotopic (exact) mass is 346 g/mol. The van der Waals surface area contributed by atoms with Crippen LogP contribution in [-0.4, -0.2) is 21.8 Å². The van der Waals surface area contributed by atoms with E-state index in [0.717, 1.165) is 29.1 Å². The molecule has 1 aromatic heterocycles. The molecule has 1 N–H and O–H groups in total. The first-order chi connectivity index (χ1) is 10.2. The quantitative estimate of drug-likeness (QED) is 0.851. The molecule has 1 amide bonds. The minimum Gasteiger partial charge on any atom is -0.344 e. The van der Waals surface area contributed by atoms with Crippen LogP contribution in [0.3, 0.4) is 0 Å². The summed E-state index contributed by atoms with van der Waals surface area (Å²) in [5.74, 6) is -0.0675. The topological polar surface area (TPSA) is 42.0 Å². The van der Waals surface area contributed by atoms with E-state index in [1.54, 1.807) is 0 Å². The van der Waals surface area contributed by atoms with Gasteiger partial charge in [0, 0.05) is 10.7 Å². The van der Waals surface area contributed by atoms with E-state index in [2.05, 4.69) is 26.2 Å². The van der Waals surface area contributed by atoms with Crippen molar-refractivity contribution in [3.63, 3.8) is 0 Å². The predicted octanol–water partition coefficient (Wildman–Crippen LogP) is 4.06. The Morgan fingerprint density at radius 2 is 1.90 bits per heavy atom. The Kier molecular flexibility index (Phi) is 4.24. The minimum atomic E-state index is -0.108. The number of pyridine rings is 1. The molecule has 1 saturated carbocycles. The number of benzene rings is 1. The second-order valence-corrected chi connectivity index (χ2v) is 6.38. The molecular formula is C17H19BrN2O. The summed E-state index contributed by atoms with van der Waals surface area (Å²) in [6.45, 7) is 0. The Labute approximate surface area is 133 Å². The number of aromatic nitrogens is 1. The van der Waals surface area contributed by atoms with E-state index in [0.29, 0.717) is 5.69 Å².